The molecule has 1 aromatic rings. The van der Waals surface area contributed by atoms with Crippen LogP contribution in [0, 0.1) is 11.8 Å². The highest BCUT2D eigenvalue weighted by molar-refractivity contribution is 5.15. The summed E-state index contributed by atoms with van der Waals surface area (Å²) < 4.78 is 0. The number of benzene rings is 1. The van der Waals surface area contributed by atoms with Gasteiger partial charge in [0.1, 0.15) is 0 Å². The molecule has 0 aromatic heterocycles. The average Bonchev–Trinajstić information content (AvgIpc) is 3.08. The largest absolute Gasteiger partial charge is 0.396 e. The van der Waals surface area contributed by atoms with Crippen molar-refractivity contribution < 1.29 is 5.11 Å². The first-order chi connectivity index (χ1) is 10.8. The summed E-state index contributed by atoms with van der Waals surface area (Å²) in [5.41, 5.74) is 1.43. The predicted octanol–water partition coefficient (Wildman–Crippen LogP) is 2.65. The molecule has 122 valence electrons. The standard InChI is InChI=1S/C19H30N2O/c1-15(6-5-11-22)20-19-10-9-17-13-21(14-18(17)19)12-16-7-3-2-4-8-16/h2-4,7-8,15,17-20,22H,5-6,9-14H2,1H3. The molecule has 0 radical (unpaired) electrons. The summed E-state index contributed by atoms with van der Waals surface area (Å²) in [6.45, 7) is 6.18. The molecule has 3 nitrogen and oxygen atoms in total. The SMILES string of the molecule is CC(CCCO)NC1CCC2CN(Cc3ccccc3)CC21. The highest BCUT2D eigenvalue weighted by Crippen LogP contribution is 2.38. The van der Waals surface area contributed by atoms with Crippen molar-refractivity contribution in [3.05, 3.63) is 35.9 Å². The van der Waals surface area contributed by atoms with Crippen LogP contribution in [-0.2, 0) is 6.54 Å². The molecule has 0 spiro atoms. The van der Waals surface area contributed by atoms with Gasteiger partial charge >= 0.3 is 0 Å². The molecule has 2 aliphatic rings. The van der Waals surface area contributed by atoms with E-state index in [0.717, 1.165) is 31.2 Å². The van der Waals surface area contributed by atoms with Gasteiger partial charge in [-0.1, -0.05) is 30.3 Å². The molecule has 1 saturated carbocycles. The molecule has 22 heavy (non-hydrogen) atoms. The van der Waals surface area contributed by atoms with Crippen molar-refractivity contribution in [3.8, 4) is 0 Å². The quantitative estimate of drug-likeness (QED) is 0.813. The third kappa shape index (κ3) is 3.89. The van der Waals surface area contributed by atoms with Crippen LogP contribution in [0.5, 0.6) is 0 Å². The second-order valence-corrected chi connectivity index (χ2v) is 7.22. The maximum Gasteiger partial charge on any atom is 0.0431 e. The van der Waals surface area contributed by atoms with Crippen molar-refractivity contribution in [3.63, 3.8) is 0 Å². The first-order valence-corrected chi connectivity index (χ1v) is 8.89. The summed E-state index contributed by atoms with van der Waals surface area (Å²) in [5.74, 6) is 1.70. The molecule has 1 aliphatic heterocycles. The number of aliphatic hydroxyl groups is 1. The van der Waals surface area contributed by atoms with E-state index in [-0.39, 0.29) is 0 Å². The van der Waals surface area contributed by atoms with Crippen molar-refractivity contribution in [2.24, 2.45) is 11.8 Å². The highest BCUT2D eigenvalue weighted by atomic mass is 16.2. The third-order valence-corrected chi connectivity index (χ3v) is 5.48. The molecule has 3 heteroatoms. The Morgan fingerprint density at radius 2 is 2.05 bits per heavy atom. The van der Waals surface area contributed by atoms with Gasteiger partial charge in [0.2, 0.25) is 0 Å². The number of hydrogen-bond donors (Lipinski definition) is 2. The van der Waals surface area contributed by atoms with E-state index in [4.69, 9.17) is 5.11 Å². The fraction of sp³-hybridized carbons (Fsp3) is 0.684. The molecule has 1 heterocycles. The Kier molecular flexibility index (Phi) is 5.51. The van der Waals surface area contributed by atoms with Gasteiger partial charge in [-0.15, -0.1) is 0 Å². The lowest BCUT2D eigenvalue weighted by Gasteiger charge is -2.25. The summed E-state index contributed by atoms with van der Waals surface area (Å²) in [6.07, 6.45) is 4.70. The molecule has 1 aromatic carbocycles. The average molecular weight is 302 g/mol. The van der Waals surface area contributed by atoms with E-state index in [9.17, 15) is 0 Å². The van der Waals surface area contributed by atoms with Gasteiger partial charge in [0.25, 0.3) is 0 Å². The minimum absolute atomic E-state index is 0.313. The smallest absolute Gasteiger partial charge is 0.0431 e. The monoisotopic (exact) mass is 302 g/mol. The fourth-order valence-electron chi connectivity index (χ4n) is 4.38. The topological polar surface area (TPSA) is 35.5 Å². The van der Waals surface area contributed by atoms with E-state index >= 15 is 0 Å². The van der Waals surface area contributed by atoms with Gasteiger partial charge in [0, 0.05) is 38.3 Å². The van der Waals surface area contributed by atoms with Crippen LogP contribution < -0.4 is 5.32 Å². The Hall–Kier alpha value is -0.900. The number of nitrogens with one attached hydrogen (secondary N) is 1. The van der Waals surface area contributed by atoms with Gasteiger partial charge in [-0.25, -0.2) is 0 Å². The minimum Gasteiger partial charge on any atom is -0.396 e. The highest BCUT2D eigenvalue weighted by Gasteiger charge is 2.42. The van der Waals surface area contributed by atoms with Crippen LogP contribution in [0.15, 0.2) is 30.3 Å². The summed E-state index contributed by atoms with van der Waals surface area (Å²) in [7, 11) is 0. The summed E-state index contributed by atoms with van der Waals surface area (Å²) in [6, 6.07) is 12.1. The summed E-state index contributed by atoms with van der Waals surface area (Å²) in [4.78, 5) is 2.64. The Morgan fingerprint density at radius 1 is 1.23 bits per heavy atom. The van der Waals surface area contributed by atoms with Gasteiger partial charge in [0.05, 0.1) is 0 Å². The number of rotatable bonds is 7. The first-order valence-electron chi connectivity index (χ1n) is 8.89. The second-order valence-electron chi connectivity index (χ2n) is 7.22. The molecule has 4 unspecified atom stereocenters. The Bertz CT molecular complexity index is 450. The maximum atomic E-state index is 8.97. The molecule has 1 aliphatic carbocycles. The third-order valence-electron chi connectivity index (χ3n) is 5.48. The van der Waals surface area contributed by atoms with Crippen LogP contribution >= 0.6 is 0 Å². The van der Waals surface area contributed by atoms with E-state index in [1.165, 1.54) is 31.5 Å². The van der Waals surface area contributed by atoms with Crippen LogP contribution in [0.2, 0.25) is 0 Å². The van der Waals surface area contributed by atoms with E-state index in [1.54, 1.807) is 0 Å². The van der Waals surface area contributed by atoms with Gasteiger partial charge in [-0.3, -0.25) is 4.90 Å². The van der Waals surface area contributed by atoms with Crippen molar-refractivity contribution in [2.45, 2.75) is 51.2 Å². The van der Waals surface area contributed by atoms with E-state index in [0.29, 0.717) is 18.7 Å². The lowest BCUT2D eigenvalue weighted by atomic mass is 9.97. The number of hydrogen-bond acceptors (Lipinski definition) is 3. The second kappa shape index (κ2) is 7.58. The molecule has 2 fully saturated rings. The minimum atomic E-state index is 0.313. The fourth-order valence-corrected chi connectivity index (χ4v) is 4.38. The summed E-state index contributed by atoms with van der Waals surface area (Å²) >= 11 is 0. The van der Waals surface area contributed by atoms with Crippen LogP contribution in [-0.4, -0.2) is 41.8 Å². The van der Waals surface area contributed by atoms with Gasteiger partial charge in [-0.2, -0.15) is 0 Å². The zero-order valence-corrected chi connectivity index (χ0v) is 13.7. The van der Waals surface area contributed by atoms with Crippen molar-refractivity contribution in [1.29, 1.82) is 0 Å². The van der Waals surface area contributed by atoms with E-state index < -0.39 is 0 Å². The Labute approximate surface area is 134 Å². The molecular formula is C19H30N2O. The number of nitrogens with zero attached hydrogens (tertiary/aromatic N) is 1. The first kappa shape index (κ1) is 16.0. The number of likely N-dealkylation sites (tertiary alicyclic amines) is 1. The normalized spacial score (nSPS) is 29.6. The maximum absolute atomic E-state index is 8.97. The van der Waals surface area contributed by atoms with E-state index in [1.807, 2.05) is 0 Å². The van der Waals surface area contributed by atoms with Gasteiger partial charge < -0.3 is 10.4 Å². The zero-order chi connectivity index (χ0) is 15.4. The molecule has 4 atom stereocenters. The Balaban J connectivity index is 1.50. The van der Waals surface area contributed by atoms with Crippen LogP contribution in [0.25, 0.3) is 0 Å². The number of aliphatic hydroxyl groups excluding tert-OH is 1. The molecule has 1 saturated heterocycles. The van der Waals surface area contributed by atoms with Gasteiger partial charge in [0.15, 0.2) is 0 Å². The molecule has 0 amide bonds. The van der Waals surface area contributed by atoms with Crippen molar-refractivity contribution in [2.75, 3.05) is 19.7 Å². The van der Waals surface area contributed by atoms with Gasteiger partial charge in [-0.05, 0) is 50.0 Å². The molecule has 2 N–H and O–H groups in total. The van der Waals surface area contributed by atoms with Crippen molar-refractivity contribution >= 4 is 0 Å². The molecule has 3 rings (SSSR count). The lowest BCUT2D eigenvalue weighted by Crippen LogP contribution is -2.41. The van der Waals surface area contributed by atoms with Crippen LogP contribution in [0.4, 0.5) is 0 Å². The zero-order valence-electron chi connectivity index (χ0n) is 13.7. The van der Waals surface area contributed by atoms with Crippen LogP contribution in [0.3, 0.4) is 0 Å². The molecule has 0 bridgehead atoms. The Morgan fingerprint density at radius 3 is 2.82 bits per heavy atom. The van der Waals surface area contributed by atoms with Crippen LogP contribution in [0.1, 0.15) is 38.2 Å². The summed E-state index contributed by atoms with van der Waals surface area (Å²) in [5, 5.41) is 12.8. The van der Waals surface area contributed by atoms with E-state index in [2.05, 4.69) is 47.5 Å². The van der Waals surface area contributed by atoms with Crippen molar-refractivity contribution in [1.82, 2.24) is 10.2 Å². The molecular weight excluding hydrogens is 272 g/mol. The number of fused-ring (bicyclic) bond motifs is 1. The predicted molar refractivity (Wildman–Crippen MR) is 90.6 cm³/mol. The lowest BCUT2D eigenvalue weighted by molar-refractivity contribution is 0.261.